The van der Waals surface area contributed by atoms with Crippen LogP contribution in [0.3, 0.4) is 0 Å². The molecular formula is C6H6BN3. The van der Waals surface area contributed by atoms with Crippen molar-refractivity contribution in [3.8, 4) is 0 Å². The number of hydrogen-bond acceptors (Lipinski definition) is 3. The maximum atomic E-state index is 7.30. The molecule has 0 amide bonds. The maximum Gasteiger partial charge on any atom is 0.260 e. The van der Waals surface area contributed by atoms with Crippen LogP contribution in [0.1, 0.15) is 0 Å². The molecule has 0 saturated carbocycles. The summed E-state index contributed by atoms with van der Waals surface area (Å²) in [7, 11) is 4.97. The number of rotatable bonds is 0. The molecule has 3 nitrogen and oxygen atoms in total. The zero-order valence-corrected chi connectivity index (χ0v) is 5.33. The monoisotopic (exact) mass is 131 g/mol. The summed E-state index contributed by atoms with van der Waals surface area (Å²) in [4.78, 5) is 3.36. The first-order valence-electron chi connectivity index (χ1n) is 2.76. The normalized spacial score (nSPS) is 21.4. The van der Waals surface area contributed by atoms with Crippen molar-refractivity contribution in [3.63, 3.8) is 0 Å². The molecule has 0 atom stereocenters. The molecular weight excluding hydrogens is 125 g/mol. The lowest BCUT2D eigenvalue weighted by Crippen LogP contribution is -2.21. The molecule has 0 aliphatic heterocycles. The summed E-state index contributed by atoms with van der Waals surface area (Å²) in [5, 5.41) is 7.30. The molecule has 10 heavy (non-hydrogen) atoms. The van der Waals surface area contributed by atoms with Gasteiger partial charge in [0.1, 0.15) is 5.71 Å². The number of hydrogen-bond donors (Lipinski definition) is 2. The molecule has 0 saturated heterocycles. The molecule has 1 rings (SSSR count). The third-order valence-electron chi connectivity index (χ3n) is 1.21. The van der Waals surface area contributed by atoms with Crippen LogP contribution < -0.4 is 5.73 Å². The van der Waals surface area contributed by atoms with E-state index in [1.54, 1.807) is 18.2 Å². The summed E-state index contributed by atoms with van der Waals surface area (Å²) in [5.74, 6) is 0. The van der Waals surface area contributed by atoms with Crippen LogP contribution in [0, 0.1) is 5.41 Å². The fraction of sp³-hybridized carbons (Fsp3) is 0. The van der Waals surface area contributed by atoms with Gasteiger partial charge in [0.15, 0.2) is 0 Å². The second-order valence-corrected chi connectivity index (χ2v) is 1.87. The Balaban J connectivity index is 3.00. The molecule has 0 spiro atoms. The molecule has 0 aromatic heterocycles. The van der Waals surface area contributed by atoms with Gasteiger partial charge >= 0.3 is 0 Å². The maximum absolute atomic E-state index is 7.30. The lowest BCUT2D eigenvalue weighted by Gasteiger charge is -2.06. The standard InChI is InChI=1S/C6H6BN3/c7-10-5-3-1-2-4(8)6(5)9/h1-3,9H,8H2. The number of nitrogens with two attached hydrogens (primary N) is 1. The van der Waals surface area contributed by atoms with E-state index in [0.29, 0.717) is 11.4 Å². The van der Waals surface area contributed by atoms with E-state index in [2.05, 4.69) is 4.90 Å². The van der Waals surface area contributed by atoms with Gasteiger partial charge in [-0.25, -0.2) is 0 Å². The van der Waals surface area contributed by atoms with Crippen LogP contribution >= 0.6 is 0 Å². The van der Waals surface area contributed by atoms with Crippen LogP contribution in [0.5, 0.6) is 0 Å². The van der Waals surface area contributed by atoms with Crippen LogP contribution in [0.15, 0.2) is 28.8 Å². The van der Waals surface area contributed by atoms with E-state index in [9.17, 15) is 0 Å². The first-order chi connectivity index (χ1) is 4.75. The second kappa shape index (κ2) is 2.52. The Bertz CT molecular complexity index is 250. The molecule has 0 bridgehead atoms. The van der Waals surface area contributed by atoms with Gasteiger partial charge in [-0.05, 0) is 12.2 Å². The van der Waals surface area contributed by atoms with Gasteiger partial charge in [-0.15, -0.1) is 0 Å². The zero-order chi connectivity index (χ0) is 7.56. The minimum absolute atomic E-state index is 0.185. The Morgan fingerprint density at radius 2 is 2.30 bits per heavy atom. The molecule has 0 fully saturated rings. The van der Waals surface area contributed by atoms with Gasteiger partial charge in [-0.2, -0.15) is 0 Å². The molecule has 1 aliphatic carbocycles. The van der Waals surface area contributed by atoms with Crippen molar-refractivity contribution in [2.24, 2.45) is 10.6 Å². The highest BCUT2D eigenvalue weighted by molar-refractivity contribution is 6.53. The predicted molar refractivity (Wildman–Crippen MR) is 42.3 cm³/mol. The minimum atomic E-state index is 0.185. The number of nitrogens with zero attached hydrogens (tertiary/aromatic N) is 1. The second-order valence-electron chi connectivity index (χ2n) is 1.87. The van der Waals surface area contributed by atoms with E-state index >= 15 is 0 Å². The molecule has 1 aliphatic rings. The number of allylic oxidation sites excluding steroid dienone is 4. The Kier molecular flexibility index (Phi) is 1.71. The molecule has 2 radical (unpaired) electrons. The Hall–Kier alpha value is -1.32. The van der Waals surface area contributed by atoms with Gasteiger partial charge in [0.2, 0.25) is 0 Å². The van der Waals surface area contributed by atoms with Gasteiger partial charge in [0.25, 0.3) is 7.98 Å². The van der Waals surface area contributed by atoms with Crippen molar-refractivity contribution >= 4 is 19.4 Å². The fourth-order valence-corrected chi connectivity index (χ4v) is 0.665. The molecule has 0 aromatic carbocycles. The average Bonchev–Trinajstić information content (AvgIpc) is 1.95. The van der Waals surface area contributed by atoms with E-state index in [0.717, 1.165) is 0 Å². The van der Waals surface area contributed by atoms with Crippen LogP contribution in [0.2, 0.25) is 0 Å². The fourth-order valence-electron chi connectivity index (χ4n) is 0.665. The summed E-state index contributed by atoms with van der Waals surface area (Å²) in [6, 6.07) is 0. The summed E-state index contributed by atoms with van der Waals surface area (Å²) >= 11 is 0. The summed E-state index contributed by atoms with van der Waals surface area (Å²) in [6.07, 6.45) is 4.98. The van der Waals surface area contributed by atoms with Crippen molar-refractivity contribution in [3.05, 3.63) is 23.9 Å². The zero-order valence-electron chi connectivity index (χ0n) is 5.33. The summed E-state index contributed by atoms with van der Waals surface area (Å²) < 4.78 is 0. The smallest absolute Gasteiger partial charge is 0.260 e. The average molecular weight is 131 g/mol. The summed E-state index contributed by atoms with van der Waals surface area (Å²) in [6.45, 7) is 0. The van der Waals surface area contributed by atoms with Gasteiger partial charge < -0.3 is 10.6 Å². The summed E-state index contributed by atoms with van der Waals surface area (Å²) in [5.41, 5.74) is 6.39. The third-order valence-corrected chi connectivity index (χ3v) is 1.21. The minimum Gasteiger partial charge on any atom is -0.397 e. The highest BCUT2D eigenvalue weighted by atomic mass is 14.7. The van der Waals surface area contributed by atoms with Crippen LogP contribution in [-0.2, 0) is 0 Å². The van der Waals surface area contributed by atoms with Crippen molar-refractivity contribution in [1.82, 2.24) is 0 Å². The third kappa shape index (κ3) is 1.00. The highest BCUT2D eigenvalue weighted by Gasteiger charge is 2.07. The SMILES string of the molecule is [B]N=C1C=CC=C(N)C1=N. The Morgan fingerprint density at radius 3 is 2.80 bits per heavy atom. The van der Waals surface area contributed by atoms with Crippen molar-refractivity contribution in [2.75, 3.05) is 0 Å². The van der Waals surface area contributed by atoms with Gasteiger partial charge in [0, 0.05) is 0 Å². The largest absolute Gasteiger partial charge is 0.397 e. The Morgan fingerprint density at radius 1 is 1.60 bits per heavy atom. The topological polar surface area (TPSA) is 62.2 Å². The molecule has 3 N–H and O–H groups in total. The highest BCUT2D eigenvalue weighted by Crippen LogP contribution is 1.99. The molecule has 0 unspecified atom stereocenters. The van der Waals surface area contributed by atoms with Gasteiger partial charge in [0.05, 0.1) is 11.4 Å². The number of nitrogens with one attached hydrogen (secondary N) is 1. The van der Waals surface area contributed by atoms with Crippen molar-refractivity contribution in [1.29, 1.82) is 5.41 Å². The van der Waals surface area contributed by atoms with E-state index in [1.165, 1.54) is 0 Å². The molecule has 0 heterocycles. The molecule has 0 aromatic rings. The lowest BCUT2D eigenvalue weighted by atomic mass is 10.1. The van der Waals surface area contributed by atoms with Crippen LogP contribution in [0.25, 0.3) is 0 Å². The molecule has 4 heteroatoms. The van der Waals surface area contributed by atoms with E-state index < -0.39 is 0 Å². The quantitative estimate of drug-likeness (QED) is 0.351. The van der Waals surface area contributed by atoms with Gasteiger partial charge in [-0.3, -0.25) is 5.41 Å². The van der Waals surface area contributed by atoms with E-state index in [-0.39, 0.29) is 5.71 Å². The van der Waals surface area contributed by atoms with Crippen LogP contribution in [0.4, 0.5) is 0 Å². The van der Waals surface area contributed by atoms with Gasteiger partial charge in [-0.1, -0.05) is 6.08 Å². The lowest BCUT2D eigenvalue weighted by molar-refractivity contribution is 1.41. The molecule has 48 valence electrons. The predicted octanol–water partition coefficient (Wildman–Crippen LogP) is -0.0569. The first kappa shape index (κ1) is 6.80. The Labute approximate surface area is 60.3 Å². The van der Waals surface area contributed by atoms with Crippen molar-refractivity contribution < 1.29 is 0 Å². The first-order valence-corrected chi connectivity index (χ1v) is 2.76. The van der Waals surface area contributed by atoms with Crippen molar-refractivity contribution in [2.45, 2.75) is 0 Å². The van der Waals surface area contributed by atoms with E-state index in [1.807, 2.05) is 0 Å². The van der Waals surface area contributed by atoms with Crippen LogP contribution in [-0.4, -0.2) is 19.4 Å². The van der Waals surface area contributed by atoms with E-state index in [4.69, 9.17) is 19.1 Å².